The van der Waals surface area contributed by atoms with Crippen LogP contribution >= 0.6 is 15.9 Å². The number of aromatic nitrogens is 1. The fraction of sp³-hybridized carbons (Fsp3) is 0.375. The Bertz CT molecular complexity index is 270. The largest absolute Gasteiger partial charge is 0.618 e. The van der Waals surface area contributed by atoms with Crippen molar-refractivity contribution in [3.8, 4) is 0 Å². The van der Waals surface area contributed by atoms with Crippen LogP contribution < -0.4 is 4.73 Å². The standard InChI is InChI=1S/C8H10BrNO/c1-5-6(2)8(9)4-10(11)7(5)3/h4H,1-3H3. The summed E-state index contributed by atoms with van der Waals surface area (Å²) >= 11 is 3.31. The maximum absolute atomic E-state index is 11.1. The average Bonchev–Trinajstić information content (AvgIpc) is 1.97. The monoisotopic (exact) mass is 215 g/mol. The van der Waals surface area contributed by atoms with Gasteiger partial charge in [-0.15, -0.1) is 0 Å². The SMILES string of the molecule is Cc1c(Br)c[n+]([O-])c(C)c1C. The summed E-state index contributed by atoms with van der Waals surface area (Å²) in [5.74, 6) is 0. The van der Waals surface area contributed by atoms with Crippen LogP contribution in [0.3, 0.4) is 0 Å². The third-order valence-corrected chi connectivity index (χ3v) is 2.82. The van der Waals surface area contributed by atoms with Crippen molar-refractivity contribution in [1.29, 1.82) is 0 Å². The first-order chi connectivity index (χ1) is 5.04. The van der Waals surface area contributed by atoms with Crippen molar-refractivity contribution < 1.29 is 4.73 Å². The van der Waals surface area contributed by atoms with E-state index in [4.69, 9.17) is 0 Å². The quantitative estimate of drug-likeness (QED) is 0.481. The normalized spacial score (nSPS) is 10.2. The van der Waals surface area contributed by atoms with Gasteiger partial charge < -0.3 is 5.21 Å². The lowest BCUT2D eigenvalue weighted by atomic mass is 10.1. The highest BCUT2D eigenvalue weighted by molar-refractivity contribution is 9.10. The van der Waals surface area contributed by atoms with Crippen LogP contribution in [0.2, 0.25) is 0 Å². The zero-order chi connectivity index (χ0) is 8.59. The number of pyridine rings is 1. The lowest BCUT2D eigenvalue weighted by Gasteiger charge is -2.07. The summed E-state index contributed by atoms with van der Waals surface area (Å²) in [4.78, 5) is 0. The lowest BCUT2D eigenvalue weighted by Crippen LogP contribution is -2.31. The topological polar surface area (TPSA) is 26.9 Å². The van der Waals surface area contributed by atoms with Crippen LogP contribution in [0.5, 0.6) is 0 Å². The van der Waals surface area contributed by atoms with Crippen LogP contribution in [-0.4, -0.2) is 0 Å². The molecule has 0 amide bonds. The highest BCUT2D eigenvalue weighted by atomic mass is 79.9. The fourth-order valence-corrected chi connectivity index (χ4v) is 1.40. The molecule has 0 aromatic carbocycles. The molecular weight excluding hydrogens is 206 g/mol. The molecule has 2 nitrogen and oxygen atoms in total. The van der Waals surface area contributed by atoms with Crippen molar-refractivity contribution in [2.75, 3.05) is 0 Å². The molecule has 0 saturated carbocycles. The smallest absolute Gasteiger partial charge is 0.195 e. The predicted octanol–water partition coefficient (Wildman–Crippen LogP) is 2.01. The first-order valence-electron chi connectivity index (χ1n) is 3.39. The second-order valence-electron chi connectivity index (χ2n) is 2.64. The van der Waals surface area contributed by atoms with E-state index in [2.05, 4.69) is 15.9 Å². The van der Waals surface area contributed by atoms with Crippen LogP contribution in [0.4, 0.5) is 0 Å². The van der Waals surface area contributed by atoms with E-state index < -0.39 is 0 Å². The van der Waals surface area contributed by atoms with Gasteiger partial charge in [-0.1, -0.05) is 0 Å². The number of rotatable bonds is 0. The second-order valence-corrected chi connectivity index (χ2v) is 3.49. The minimum absolute atomic E-state index is 0.769. The molecule has 3 heteroatoms. The first-order valence-corrected chi connectivity index (χ1v) is 4.19. The molecule has 1 aromatic rings. The summed E-state index contributed by atoms with van der Waals surface area (Å²) < 4.78 is 1.75. The number of halogens is 1. The van der Waals surface area contributed by atoms with Gasteiger partial charge >= 0.3 is 0 Å². The van der Waals surface area contributed by atoms with Crippen molar-refractivity contribution in [2.24, 2.45) is 0 Å². The van der Waals surface area contributed by atoms with E-state index in [1.165, 1.54) is 6.20 Å². The van der Waals surface area contributed by atoms with Crippen LogP contribution in [0.25, 0.3) is 0 Å². The Morgan fingerprint density at radius 2 is 1.82 bits per heavy atom. The van der Waals surface area contributed by atoms with Crippen LogP contribution in [0.1, 0.15) is 16.8 Å². The van der Waals surface area contributed by atoms with E-state index >= 15 is 0 Å². The molecule has 0 aliphatic rings. The molecule has 0 spiro atoms. The summed E-state index contributed by atoms with van der Waals surface area (Å²) in [5.41, 5.74) is 2.95. The summed E-state index contributed by atoms with van der Waals surface area (Å²) in [6, 6.07) is 0. The van der Waals surface area contributed by atoms with Gasteiger partial charge in [0.1, 0.15) is 0 Å². The van der Waals surface area contributed by atoms with E-state index in [9.17, 15) is 5.21 Å². The second kappa shape index (κ2) is 2.81. The molecule has 11 heavy (non-hydrogen) atoms. The fourth-order valence-electron chi connectivity index (χ4n) is 0.912. The van der Waals surface area contributed by atoms with Gasteiger partial charge in [-0.2, -0.15) is 4.73 Å². The zero-order valence-electron chi connectivity index (χ0n) is 6.81. The van der Waals surface area contributed by atoms with Gasteiger partial charge in [0.15, 0.2) is 11.9 Å². The summed E-state index contributed by atoms with van der Waals surface area (Å²) in [5, 5.41) is 11.1. The molecule has 0 saturated heterocycles. The molecule has 1 aromatic heterocycles. The van der Waals surface area contributed by atoms with Gasteiger partial charge in [0.2, 0.25) is 0 Å². The molecule has 0 atom stereocenters. The molecular formula is C8H10BrNO. The summed E-state index contributed by atoms with van der Waals surface area (Å²) in [7, 11) is 0. The molecule has 1 heterocycles. The molecule has 60 valence electrons. The van der Waals surface area contributed by atoms with Crippen LogP contribution in [0.15, 0.2) is 10.7 Å². The van der Waals surface area contributed by atoms with Gasteiger partial charge in [0.05, 0.1) is 4.47 Å². The molecule has 0 unspecified atom stereocenters. The van der Waals surface area contributed by atoms with Gasteiger partial charge in [-0.3, -0.25) is 0 Å². The van der Waals surface area contributed by atoms with Crippen LogP contribution in [-0.2, 0) is 0 Å². The van der Waals surface area contributed by atoms with Crippen molar-refractivity contribution in [3.63, 3.8) is 0 Å². The Balaban J connectivity index is 3.46. The Morgan fingerprint density at radius 3 is 2.36 bits per heavy atom. The van der Waals surface area contributed by atoms with E-state index in [1.807, 2.05) is 20.8 Å². The highest BCUT2D eigenvalue weighted by Gasteiger charge is 2.09. The summed E-state index contributed by atoms with van der Waals surface area (Å²) in [6.45, 7) is 5.76. The third kappa shape index (κ3) is 1.38. The van der Waals surface area contributed by atoms with Crippen molar-refractivity contribution in [3.05, 3.63) is 32.7 Å². The number of nitrogens with zero attached hydrogens (tertiary/aromatic N) is 1. The molecule has 1 rings (SSSR count). The molecule has 0 fully saturated rings. The average molecular weight is 216 g/mol. The number of hydrogen-bond donors (Lipinski definition) is 0. The highest BCUT2D eigenvalue weighted by Crippen LogP contribution is 2.18. The Hall–Kier alpha value is -0.570. The number of hydrogen-bond acceptors (Lipinski definition) is 1. The van der Waals surface area contributed by atoms with Crippen molar-refractivity contribution in [2.45, 2.75) is 20.8 Å². The zero-order valence-corrected chi connectivity index (χ0v) is 8.40. The van der Waals surface area contributed by atoms with E-state index in [-0.39, 0.29) is 0 Å². The third-order valence-electron chi connectivity index (χ3n) is 2.02. The maximum atomic E-state index is 11.1. The molecule has 0 aliphatic carbocycles. The molecule has 0 radical (unpaired) electrons. The minimum Gasteiger partial charge on any atom is -0.618 e. The van der Waals surface area contributed by atoms with Gasteiger partial charge in [0, 0.05) is 12.5 Å². The van der Waals surface area contributed by atoms with Crippen LogP contribution in [0, 0.1) is 26.0 Å². The summed E-state index contributed by atoms with van der Waals surface area (Å²) in [6.07, 6.45) is 1.54. The molecule has 0 aliphatic heterocycles. The lowest BCUT2D eigenvalue weighted by molar-refractivity contribution is -0.613. The molecule has 0 bridgehead atoms. The van der Waals surface area contributed by atoms with Crippen molar-refractivity contribution >= 4 is 15.9 Å². The Labute approximate surface area is 74.6 Å². The van der Waals surface area contributed by atoms with E-state index in [0.717, 1.165) is 26.0 Å². The van der Waals surface area contributed by atoms with Gasteiger partial charge in [-0.05, 0) is 35.3 Å². The first kappa shape index (κ1) is 8.53. The van der Waals surface area contributed by atoms with E-state index in [1.54, 1.807) is 0 Å². The minimum atomic E-state index is 0.769. The van der Waals surface area contributed by atoms with Gasteiger partial charge in [0.25, 0.3) is 0 Å². The van der Waals surface area contributed by atoms with Gasteiger partial charge in [-0.25, -0.2) is 0 Å². The maximum Gasteiger partial charge on any atom is 0.195 e. The van der Waals surface area contributed by atoms with E-state index in [0.29, 0.717) is 0 Å². The predicted molar refractivity (Wildman–Crippen MR) is 47.3 cm³/mol. The molecule has 0 N–H and O–H groups in total. The van der Waals surface area contributed by atoms with Crippen molar-refractivity contribution in [1.82, 2.24) is 0 Å². The Kier molecular flexibility index (Phi) is 2.18. The Morgan fingerprint density at radius 1 is 1.27 bits per heavy atom.